The molecule has 0 atom stereocenters. The Bertz CT molecular complexity index is 684. The molecule has 2 N–H and O–H groups in total. The first kappa shape index (κ1) is 15.4. The van der Waals surface area contributed by atoms with E-state index < -0.39 is 5.91 Å². The molecule has 0 radical (unpaired) electrons. The van der Waals surface area contributed by atoms with Gasteiger partial charge >= 0.3 is 0 Å². The number of hydrogen-bond acceptors (Lipinski definition) is 4. The fourth-order valence-electron chi connectivity index (χ4n) is 1.72. The Morgan fingerprint density at radius 3 is 2.73 bits per heavy atom. The summed E-state index contributed by atoms with van der Waals surface area (Å²) in [5.41, 5.74) is 4.67. The molecule has 0 fully saturated rings. The lowest BCUT2D eigenvalue weighted by atomic mass is 10.1. The summed E-state index contributed by atoms with van der Waals surface area (Å²) >= 11 is 0. The van der Waals surface area contributed by atoms with Crippen molar-refractivity contribution in [1.29, 1.82) is 0 Å². The minimum absolute atomic E-state index is 0.138. The van der Waals surface area contributed by atoms with Crippen molar-refractivity contribution in [2.75, 3.05) is 6.54 Å². The van der Waals surface area contributed by atoms with Gasteiger partial charge in [0.1, 0.15) is 0 Å². The first-order valence-corrected chi connectivity index (χ1v) is 6.72. The number of aryl methyl sites for hydroxylation is 1. The van der Waals surface area contributed by atoms with Crippen LogP contribution in [0.4, 0.5) is 0 Å². The molecule has 6 heteroatoms. The van der Waals surface area contributed by atoms with Crippen LogP contribution in [0.1, 0.15) is 21.5 Å². The summed E-state index contributed by atoms with van der Waals surface area (Å²) in [4.78, 5) is 27.3. The molecule has 6 nitrogen and oxygen atoms in total. The normalized spacial score (nSPS) is 10.4. The predicted molar refractivity (Wildman–Crippen MR) is 83.5 cm³/mol. The summed E-state index contributed by atoms with van der Waals surface area (Å²) in [5.74, 6) is -0.691. The molecule has 2 amide bonds. The van der Waals surface area contributed by atoms with Crippen LogP contribution in [0.25, 0.3) is 0 Å². The van der Waals surface area contributed by atoms with Crippen molar-refractivity contribution in [2.45, 2.75) is 6.92 Å². The number of pyridine rings is 1. The third kappa shape index (κ3) is 4.82. The van der Waals surface area contributed by atoms with Crippen LogP contribution in [-0.2, 0) is 4.79 Å². The molecule has 2 aromatic rings. The van der Waals surface area contributed by atoms with Crippen LogP contribution in [0.3, 0.4) is 0 Å². The van der Waals surface area contributed by atoms with Gasteiger partial charge in [-0.2, -0.15) is 5.10 Å². The van der Waals surface area contributed by atoms with Gasteiger partial charge in [-0.25, -0.2) is 5.43 Å². The molecule has 112 valence electrons. The van der Waals surface area contributed by atoms with Crippen LogP contribution in [-0.4, -0.2) is 29.6 Å². The Morgan fingerprint density at radius 1 is 1.23 bits per heavy atom. The molecule has 0 spiro atoms. The maximum Gasteiger partial charge on any atom is 0.259 e. The van der Waals surface area contributed by atoms with E-state index in [1.54, 1.807) is 42.7 Å². The molecule has 0 unspecified atom stereocenters. The number of nitrogens with zero attached hydrogens (tertiary/aromatic N) is 2. The van der Waals surface area contributed by atoms with E-state index in [0.717, 1.165) is 11.1 Å². The van der Waals surface area contributed by atoms with Crippen LogP contribution < -0.4 is 10.7 Å². The number of benzene rings is 1. The molecule has 0 bridgehead atoms. The number of aromatic nitrogens is 1. The van der Waals surface area contributed by atoms with Gasteiger partial charge in [-0.1, -0.05) is 17.7 Å². The second-order valence-corrected chi connectivity index (χ2v) is 4.63. The summed E-state index contributed by atoms with van der Waals surface area (Å²) in [6.45, 7) is 1.76. The largest absolute Gasteiger partial charge is 0.343 e. The summed E-state index contributed by atoms with van der Waals surface area (Å²) in [6, 6.07) is 10.7. The number of carbonyl (C=O) groups is 2. The second-order valence-electron chi connectivity index (χ2n) is 4.63. The Hall–Kier alpha value is -3.02. The Balaban J connectivity index is 1.78. The highest BCUT2D eigenvalue weighted by molar-refractivity contribution is 5.96. The SMILES string of the molecule is Cc1cccc(C(=O)NCC(=O)N/N=C\c2ccncc2)c1. The molecule has 0 aliphatic heterocycles. The van der Waals surface area contributed by atoms with Gasteiger partial charge in [-0.15, -0.1) is 0 Å². The number of nitrogens with one attached hydrogen (secondary N) is 2. The number of hydrogen-bond donors (Lipinski definition) is 2. The zero-order valence-corrected chi connectivity index (χ0v) is 12.1. The van der Waals surface area contributed by atoms with E-state index in [0.29, 0.717) is 5.56 Å². The molecule has 1 heterocycles. The average molecular weight is 296 g/mol. The van der Waals surface area contributed by atoms with Gasteiger partial charge in [0.15, 0.2) is 0 Å². The Kier molecular flexibility index (Phi) is 5.37. The van der Waals surface area contributed by atoms with Gasteiger partial charge in [0, 0.05) is 18.0 Å². The van der Waals surface area contributed by atoms with Crippen molar-refractivity contribution in [1.82, 2.24) is 15.7 Å². The van der Waals surface area contributed by atoms with Crippen LogP contribution in [0, 0.1) is 6.92 Å². The van der Waals surface area contributed by atoms with Gasteiger partial charge in [-0.05, 0) is 36.8 Å². The zero-order chi connectivity index (χ0) is 15.8. The van der Waals surface area contributed by atoms with Gasteiger partial charge in [0.05, 0.1) is 12.8 Å². The molecule has 2 rings (SSSR count). The van der Waals surface area contributed by atoms with Crippen LogP contribution in [0.5, 0.6) is 0 Å². The van der Waals surface area contributed by atoms with E-state index in [-0.39, 0.29) is 12.5 Å². The lowest BCUT2D eigenvalue weighted by Crippen LogP contribution is -2.34. The molecule has 22 heavy (non-hydrogen) atoms. The number of hydrazone groups is 1. The van der Waals surface area contributed by atoms with Crippen LogP contribution in [0.2, 0.25) is 0 Å². The highest BCUT2D eigenvalue weighted by atomic mass is 16.2. The fourth-order valence-corrected chi connectivity index (χ4v) is 1.72. The topological polar surface area (TPSA) is 83.5 Å². The summed E-state index contributed by atoms with van der Waals surface area (Å²) in [6.07, 6.45) is 4.76. The standard InChI is InChI=1S/C16H16N4O2/c1-12-3-2-4-14(9-12)16(22)18-11-15(21)20-19-10-13-5-7-17-8-6-13/h2-10H,11H2,1H3,(H,18,22)(H,20,21)/b19-10-. The Labute approximate surface area is 128 Å². The molecule has 0 saturated carbocycles. The lowest BCUT2D eigenvalue weighted by Gasteiger charge is -2.04. The third-order valence-electron chi connectivity index (χ3n) is 2.80. The lowest BCUT2D eigenvalue weighted by molar-refractivity contribution is -0.120. The van der Waals surface area contributed by atoms with Crippen molar-refractivity contribution in [3.63, 3.8) is 0 Å². The molecule has 1 aromatic carbocycles. The molecule has 0 aliphatic rings. The number of carbonyl (C=O) groups excluding carboxylic acids is 2. The van der Waals surface area contributed by atoms with Crippen molar-refractivity contribution in [3.05, 3.63) is 65.5 Å². The number of rotatable bonds is 5. The van der Waals surface area contributed by atoms with Gasteiger partial charge in [0.25, 0.3) is 11.8 Å². The third-order valence-corrected chi connectivity index (χ3v) is 2.80. The number of amides is 2. The van der Waals surface area contributed by atoms with E-state index in [2.05, 4.69) is 20.8 Å². The first-order chi connectivity index (χ1) is 10.6. The summed E-state index contributed by atoms with van der Waals surface area (Å²) < 4.78 is 0. The van der Waals surface area contributed by atoms with E-state index >= 15 is 0 Å². The average Bonchev–Trinajstić information content (AvgIpc) is 2.53. The smallest absolute Gasteiger partial charge is 0.259 e. The fraction of sp³-hybridized carbons (Fsp3) is 0.125. The predicted octanol–water partition coefficient (Wildman–Crippen LogP) is 1.27. The van der Waals surface area contributed by atoms with E-state index in [1.165, 1.54) is 6.21 Å². The van der Waals surface area contributed by atoms with Crippen LogP contribution in [0.15, 0.2) is 53.9 Å². The van der Waals surface area contributed by atoms with Crippen molar-refractivity contribution in [3.8, 4) is 0 Å². The van der Waals surface area contributed by atoms with Gasteiger partial charge in [-0.3, -0.25) is 14.6 Å². The van der Waals surface area contributed by atoms with Gasteiger partial charge < -0.3 is 5.32 Å². The van der Waals surface area contributed by atoms with E-state index in [1.807, 2.05) is 13.0 Å². The summed E-state index contributed by atoms with van der Waals surface area (Å²) in [7, 11) is 0. The van der Waals surface area contributed by atoms with E-state index in [4.69, 9.17) is 0 Å². The minimum atomic E-state index is -0.397. The van der Waals surface area contributed by atoms with E-state index in [9.17, 15) is 9.59 Å². The van der Waals surface area contributed by atoms with Crippen LogP contribution >= 0.6 is 0 Å². The maximum atomic E-state index is 11.9. The van der Waals surface area contributed by atoms with Crippen molar-refractivity contribution < 1.29 is 9.59 Å². The quantitative estimate of drug-likeness (QED) is 0.644. The first-order valence-electron chi connectivity index (χ1n) is 6.72. The molecule has 1 aromatic heterocycles. The maximum absolute atomic E-state index is 11.9. The Morgan fingerprint density at radius 2 is 2.00 bits per heavy atom. The molecule has 0 aliphatic carbocycles. The van der Waals surface area contributed by atoms with Crippen molar-refractivity contribution in [2.24, 2.45) is 5.10 Å². The second kappa shape index (κ2) is 7.68. The zero-order valence-electron chi connectivity index (χ0n) is 12.1. The minimum Gasteiger partial charge on any atom is -0.343 e. The monoisotopic (exact) mass is 296 g/mol. The van der Waals surface area contributed by atoms with Crippen molar-refractivity contribution >= 4 is 18.0 Å². The molecule has 0 saturated heterocycles. The highest BCUT2D eigenvalue weighted by Crippen LogP contribution is 2.03. The highest BCUT2D eigenvalue weighted by Gasteiger charge is 2.07. The molecular weight excluding hydrogens is 280 g/mol. The van der Waals surface area contributed by atoms with Gasteiger partial charge in [0.2, 0.25) is 0 Å². The summed E-state index contributed by atoms with van der Waals surface area (Å²) in [5, 5.41) is 6.34. The molecular formula is C16H16N4O2.